The highest BCUT2D eigenvalue weighted by Crippen LogP contribution is 2.46. The van der Waals surface area contributed by atoms with Gasteiger partial charge in [-0.05, 0) is 55.5 Å². The van der Waals surface area contributed by atoms with Crippen LogP contribution in [-0.4, -0.2) is 23.3 Å². The van der Waals surface area contributed by atoms with Crippen molar-refractivity contribution in [1.29, 1.82) is 0 Å². The number of anilines is 1. The standard InChI is InChI=1S/C22H23N3O2/c1-15-5-4-6-17(13-15)25-21(27)22(10-11-22)20(26)23-12-9-16-14-24-19-8-3-2-7-18(16)19/h2-8,13-14,24H,9-12H2,1H3,(H,23,26)(H,25,27). The van der Waals surface area contributed by atoms with E-state index >= 15 is 0 Å². The highest BCUT2D eigenvalue weighted by molar-refractivity contribution is 6.13. The molecule has 0 spiro atoms. The first kappa shape index (κ1) is 17.3. The third-order valence-electron chi connectivity index (χ3n) is 5.25. The molecule has 2 aromatic carbocycles. The van der Waals surface area contributed by atoms with Gasteiger partial charge in [0, 0.05) is 29.3 Å². The Bertz CT molecular complexity index is 1000. The zero-order valence-electron chi connectivity index (χ0n) is 15.3. The maximum atomic E-state index is 12.6. The van der Waals surface area contributed by atoms with Gasteiger partial charge in [0.15, 0.2) is 0 Å². The molecule has 1 saturated carbocycles. The Labute approximate surface area is 158 Å². The SMILES string of the molecule is Cc1cccc(NC(=O)C2(C(=O)NCCc3c[nH]c4ccccc34)CC2)c1. The van der Waals surface area contributed by atoms with Crippen molar-refractivity contribution >= 4 is 28.4 Å². The zero-order chi connectivity index (χ0) is 18.9. The quantitative estimate of drug-likeness (QED) is 0.587. The molecule has 5 nitrogen and oxygen atoms in total. The first-order valence-corrected chi connectivity index (χ1v) is 9.30. The molecule has 1 aliphatic rings. The van der Waals surface area contributed by atoms with Crippen molar-refractivity contribution in [3.05, 3.63) is 65.9 Å². The van der Waals surface area contributed by atoms with Gasteiger partial charge in [-0.1, -0.05) is 30.3 Å². The lowest BCUT2D eigenvalue weighted by molar-refractivity contribution is -0.134. The summed E-state index contributed by atoms with van der Waals surface area (Å²) in [7, 11) is 0. The van der Waals surface area contributed by atoms with E-state index in [0.717, 1.165) is 23.2 Å². The van der Waals surface area contributed by atoms with Crippen LogP contribution in [-0.2, 0) is 16.0 Å². The third kappa shape index (κ3) is 3.45. The molecule has 2 amide bonds. The van der Waals surface area contributed by atoms with Crippen LogP contribution >= 0.6 is 0 Å². The Hall–Kier alpha value is -3.08. The number of fused-ring (bicyclic) bond motifs is 1. The molecule has 0 bridgehead atoms. The van der Waals surface area contributed by atoms with E-state index in [2.05, 4.69) is 21.7 Å². The lowest BCUT2D eigenvalue weighted by atomic mass is 10.0. The van der Waals surface area contributed by atoms with E-state index in [1.54, 1.807) is 0 Å². The summed E-state index contributed by atoms with van der Waals surface area (Å²) in [6.45, 7) is 2.49. The average molecular weight is 361 g/mol. The van der Waals surface area contributed by atoms with Crippen molar-refractivity contribution in [2.75, 3.05) is 11.9 Å². The minimum atomic E-state index is -0.913. The number of amides is 2. The Morgan fingerprint density at radius 3 is 2.67 bits per heavy atom. The first-order valence-electron chi connectivity index (χ1n) is 9.30. The molecule has 1 aliphatic carbocycles. The number of aryl methyl sites for hydroxylation is 1. The van der Waals surface area contributed by atoms with Crippen LogP contribution in [0.3, 0.4) is 0 Å². The summed E-state index contributed by atoms with van der Waals surface area (Å²) in [5.41, 5.74) is 3.15. The first-order chi connectivity index (χ1) is 13.1. The summed E-state index contributed by atoms with van der Waals surface area (Å²) in [6.07, 6.45) is 3.91. The molecule has 1 fully saturated rings. The number of aromatic nitrogens is 1. The zero-order valence-corrected chi connectivity index (χ0v) is 15.3. The van der Waals surface area contributed by atoms with Gasteiger partial charge in [0.1, 0.15) is 5.41 Å². The molecule has 4 rings (SSSR count). The molecule has 27 heavy (non-hydrogen) atoms. The van der Waals surface area contributed by atoms with E-state index in [4.69, 9.17) is 0 Å². The Morgan fingerprint density at radius 1 is 1.07 bits per heavy atom. The van der Waals surface area contributed by atoms with Crippen LogP contribution in [0.4, 0.5) is 5.69 Å². The van der Waals surface area contributed by atoms with Gasteiger partial charge < -0.3 is 15.6 Å². The van der Waals surface area contributed by atoms with Crippen LogP contribution < -0.4 is 10.6 Å². The smallest absolute Gasteiger partial charge is 0.240 e. The third-order valence-corrected chi connectivity index (χ3v) is 5.25. The largest absolute Gasteiger partial charge is 0.361 e. The predicted molar refractivity (Wildman–Crippen MR) is 106 cm³/mol. The molecular weight excluding hydrogens is 338 g/mol. The van der Waals surface area contributed by atoms with Gasteiger partial charge in [-0.25, -0.2) is 0 Å². The monoisotopic (exact) mass is 361 g/mol. The molecule has 3 aromatic rings. The van der Waals surface area contributed by atoms with E-state index in [1.807, 2.05) is 55.6 Å². The number of aromatic amines is 1. The van der Waals surface area contributed by atoms with Gasteiger partial charge >= 0.3 is 0 Å². The van der Waals surface area contributed by atoms with Crippen molar-refractivity contribution < 1.29 is 9.59 Å². The second kappa shape index (κ2) is 6.91. The molecule has 0 saturated heterocycles. The Morgan fingerprint density at radius 2 is 1.89 bits per heavy atom. The molecule has 0 unspecified atom stereocenters. The number of hydrogen-bond acceptors (Lipinski definition) is 2. The minimum Gasteiger partial charge on any atom is -0.361 e. The van der Waals surface area contributed by atoms with E-state index in [0.29, 0.717) is 19.4 Å². The molecule has 5 heteroatoms. The Kier molecular flexibility index (Phi) is 4.44. The highest BCUT2D eigenvalue weighted by atomic mass is 16.2. The molecular formula is C22H23N3O2. The maximum Gasteiger partial charge on any atom is 0.240 e. The topological polar surface area (TPSA) is 74.0 Å². The van der Waals surface area contributed by atoms with Crippen molar-refractivity contribution in [1.82, 2.24) is 10.3 Å². The second-order valence-corrected chi connectivity index (χ2v) is 7.27. The molecule has 0 radical (unpaired) electrons. The number of carbonyl (C=O) groups is 2. The number of nitrogens with one attached hydrogen (secondary N) is 3. The lowest BCUT2D eigenvalue weighted by Crippen LogP contribution is -2.40. The van der Waals surface area contributed by atoms with Crippen LogP contribution in [0.5, 0.6) is 0 Å². The number of hydrogen-bond donors (Lipinski definition) is 3. The number of H-pyrrole nitrogens is 1. The fraction of sp³-hybridized carbons (Fsp3) is 0.273. The lowest BCUT2D eigenvalue weighted by Gasteiger charge is -2.15. The molecule has 1 aromatic heterocycles. The summed E-state index contributed by atoms with van der Waals surface area (Å²) in [5.74, 6) is -0.384. The maximum absolute atomic E-state index is 12.6. The van der Waals surface area contributed by atoms with Gasteiger partial charge in [0.25, 0.3) is 0 Å². The van der Waals surface area contributed by atoms with Crippen molar-refractivity contribution in [2.24, 2.45) is 5.41 Å². The predicted octanol–water partition coefficient (Wildman–Crippen LogP) is 3.55. The summed E-state index contributed by atoms with van der Waals surface area (Å²) in [4.78, 5) is 28.5. The average Bonchev–Trinajstić information content (AvgIpc) is 3.38. The van der Waals surface area contributed by atoms with Crippen LogP contribution in [0, 0.1) is 12.3 Å². The van der Waals surface area contributed by atoms with Crippen LogP contribution in [0.1, 0.15) is 24.0 Å². The van der Waals surface area contributed by atoms with Gasteiger partial charge in [0.2, 0.25) is 11.8 Å². The molecule has 0 aliphatic heterocycles. The Balaban J connectivity index is 1.35. The molecule has 3 N–H and O–H groups in total. The summed E-state index contributed by atoms with van der Waals surface area (Å²) < 4.78 is 0. The fourth-order valence-electron chi connectivity index (χ4n) is 3.47. The number of rotatable bonds is 6. The van der Waals surface area contributed by atoms with Crippen LogP contribution in [0.2, 0.25) is 0 Å². The fourth-order valence-corrected chi connectivity index (χ4v) is 3.47. The summed E-state index contributed by atoms with van der Waals surface area (Å²) in [6, 6.07) is 15.7. The number of carbonyl (C=O) groups excluding carboxylic acids is 2. The minimum absolute atomic E-state index is 0.174. The molecule has 1 heterocycles. The van der Waals surface area contributed by atoms with E-state index < -0.39 is 5.41 Å². The van der Waals surface area contributed by atoms with Gasteiger partial charge in [-0.3, -0.25) is 9.59 Å². The normalized spacial score (nSPS) is 14.7. The van der Waals surface area contributed by atoms with Crippen molar-refractivity contribution in [3.8, 4) is 0 Å². The van der Waals surface area contributed by atoms with E-state index in [9.17, 15) is 9.59 Å². The molecule has 138 valence electrons. The van der Waals surface area contributed by atoms with Crippen LogP contribution in [0.15, 0.2) is 54.7 Å². The van der Waals surface area contributed by atoms with E-state index in [-0.39, 0.29) is 11.8 Å². The highest BCUT2D eigenvalue weighted by Gasteiger charge is 2.56. The second-order valence-electron chi connectivity index (χ2n) is 7.27. The number of para-hydroxylation sites is 1. The number of benzene rings is 2. The van der Waals surface area contributed by atoms with Gasteiger partial charge in [-0.15, -0.1) is 0 Å². The van der Waals surface area contributed by atoms with Crippen LogP contribution in [0.25, 0.3) is 10.9 Å². The van der Waals surface area contributed by atoms with Crippen molar-refractivity contribution in [2.45, 2.75) is 26.2 Å². The summed E-state index contributed by atoms with van der Waals surface area (Å²) >= 11 is 0. The molecule has 0 atom stereocenters. The van der Waals surface area contributed by atoms with Crippen molar-refractivity contribution in [3.63, 3.8) is 0 Å². The van der Waals surface area contributed by atoms with E-state index in [1.165, 1.54) is 10.9 Å². The van der Waals surface area contributed by atoms with Gasteiger partial charge in [-0.2, -0.15) is 0 Å². The van der Waals surface area contributed by atoms with Gasteiger partial charge in [0.05, 0.1) is 0 Å². The summed E-state index contributed by atoms with van der Waals surface area (Å²) in [5, 5.41) is 7.01.